The summed E-state index contributed by atoms with van der Waals surface area (Å²) in [6.07, 6.45) is -4.37. The Morgan fingerprint density at radius 3 is 2.24 bits per heavy atom. The largest absolute Gasteiger partial charge is 0.508 e. The predicted octanol–water partition coefficient (Wildman–Crippen LogP) is 3.93. The first-order valence-electron chi connectivity index (χ1n) is 12.8. The first-order valence-corrected chi connectivity index (χ1v) is 12.8. The van der Waals surface area contributed by atoms with Gasteiger partial charge in [-0.05, 0) is 35.4 Å². The summed E-state index contributed by atoms with van der Waals surface area (Å²) in [6, 6.07) is 21.1. The van der Waals surface area contributed by atoms with E-state index >= 15 is 0 Å². The summed E-state index contributed by atoms with van der Waals surface area (Å²) in [6.45, 7) is -0.133. The number of carbonyl (C=O) groups is 1. The lowest BCUT2D eigenvalue weighted by molar-refractivity contribution is -0.0130. The zero-order chi connectivity index (χ0) is 28.7. The third-order valence-corrected chi connectivity index (χ3v) is 7.02. The maximum Gasteiger partial charge on any atom is 0.202 e. The molecular weight excluding hydrogens is 532 g/mol. The summed E-state index contributed by atoms with van der Waals surface area (Å²) in [5.74, 6) is -0.852. The van der Waals surface area contributed by atoms with Crippen molar-refractivity contribution in [1.29, 1.82) is 0 Å². The number of aromatic hydroxyl groups is 3. The molecule has 4 atom stereocenters. The van der Waals surface area contributed by atoms with Crippen molar-refractivity contribution >= 4 is 5.78 Å². The molecule has 0 fully saturated rings. The number of phenols is 3. The number of fused-ring (bicyclic) bond motifs is 2. The van der Waals surface area contributed by atoms with Gasteiger partial charge in [-0.3, -0.25) is 4.79 Å². The molecule has 41 heavy (non-hydrogen) atoms. The number of hydrogen-bond donors (Lipinski definition) is 5. The molecule has 0 radical (unpaired) electrons. The van der Waals surface area contributed by atoms with Gasteiger partial charge in [0.2, 0.25) is 5.78 Å². The Balaban J connectivity index is 1.28. The van der Waals surface area contributed by atoms with Crippen molar-refractivity contribution in [2.45, 2.75) is 31.0 Å². The Hall–Kier alpha value is -4.93. The second-order valence-corrected chi connectivity index (χ2v) is 9.77. The van der Waals surface area contributed by atoms with Crippen molar-refractivity contribution in [2.24, 2.45) is 0 Å². The molecule has 2 unspecified atom stereocenters. The SMILES string of the molecule is O=C1c2c(O)cc(O)cc2O[C@H](c2ccc3c(c2)OC(c2ccc(O)c(OCc4ccccc4)c2)C(CO)O3)[C@H]1O. The number of aliphatic hydroxyl groups excluding tert-OH is 2. The average Bonchev–Trinajstić information content (AvgIpc) is 2.97. The minimum absolute atomic E-state index is 0.0601. The van der Waals surface area contributed by atoms with Crippen LogP contribution in [0.2, 0.25) is 0 Å². The van der Waals surface area contributed by atoms with E-state index in [2.05, 4.69) is 0 Å². The average molecular weight is 559 g/mol. The van der Waals surface area contributed by atoms with E-state index in [-0.39, 0.29) is 47.5 Å². The van der Waals surface area contributed by atoms with Crippen molar-refractivity contribution in [3.8, 4) is 40.2 Å². The maximum atomic E-state index is 12.9. The van der Waals surface area contributed by atoms with E-state index in [4.69, 9.17) is 18.9 Å². The fourth-order valence-corrected chi connectivity index (χ4v) is 4.97. The molecule has 2 aliphatic rings. The van der Waals surface area contributed by atoms with Crippen molar-refractivity contribution < 1.29 is 49.3 Å². The zero-order valence-corrected chi connectivity index (χ0v) is 21.5. The molecule has 0 saturated carbocycles. The van der Waals surface area contributed by atoms with Crippen LogP contribution in [0, 0.1) is 0 Å². The van der Waals surface area contributed by atoms with E-state index in [1.54, 1.807) is 30.3 Å². The number of phenolic OH excluding ortho intramolecular Hbond substituents is 3. The molecule has 2 heterocycles. The molecule has 4 aromatic carbocycles. The van der Waals surface area contributed by atoms with Crippen LogP contribution in [0.15, 0.2) is 78.9 Å². The Labute approximate surface area is 234 Å². The molecule has 0 spiro atoms. The molecule has 6 rings (SSSR count). The number of Topliss-reactive ketones (excluding diaryl/α,β-unsaturated/α-hetero) is 1. The topological polar surface area (TPSA) is 155 Å². The van der Waals surface area contributed by atoms with Gasteiger partial charge in [-0.15, -0.1) is 0 Å². The lowest BCUT2D eigenvalue weighted by Gasteiger charge is -2.35. The van der Waals surface area contributed by atoms with Crippen molar-refractivity contribution in [3.63, 3.8) is 0 Å². The van der Waals surface area contributed by atoms with Gasteiger partial charge in [0.15, 0.2) is 47.4 Å². The standard InChI is InChI=1S/C31H26O10/c32-14-26-30(17-6-8-20(34)23(10-17)38-15-16-4-2-1-3-5-16)40-24-11-18(7-9-22(24)39-26)31-29(37)28(36)27-21(35)12-19(33)13-25(27)41-31/h1-13,26,29-35,37H,14-15H2/t26?,29-,30?,31+/m0/s1. The van der Waals surface area contributed by atoms with Gasteiger partial charge in [-0.25, -0.2) is 0 Å². The minimum Gasteiger partial charge on any atom is -0.508 e. The van der Waals surface area contributed by atoms with Crippen LogP contribution in [0.1, 0.15) is 39.3 Å². The number of hydrogen-bond acceptors (Lipinski definition) is 10. The van der Waals surface area contributed by atoms with E-state index in [1.165, 1.54) is 12.1 Å². The van der Waals surface area contributed by atoms with Crippen LogP contribution in [0.5, 0.6) is 40.2 Å². The molecule has 4 aromatic rings. The fraction of sp³-hybridized carbons (Fsp3) is 0.194. The van der Waals surface area contributed by atoms with Gasteiger partial charge in [0.05, 0.1) is 6.61 Å². The van der Waals surface area contributed by atoms with Crippen LogP contribution < -0.4 is 18.9 Å². The van der Waals surface area contributed by atoms with Crippen molar-refractivity contribution in [1.82, 2.24) is 0 Å². The molecule has 0 aromatic heterocycles. The molecule has 10 nitrogen and oxygen atoms in total. The predicted molar refractivity (Wildman–Crippen MR) is 144 cm³/mol. The first kappa shape index (κ1) is 26.3. The zero-order valence-electron chi connectivity index (χ0n) is 21.5. The lowest BCUT2D eigenvalue weighted by atomic mass is 9.92. The summed E-state index contributed by atoms with van der Waals surface area (Å²) in [5, 5.41) is 51.1. The van der Waals surface area contributed by atoms with Gasteiger partial charge in [0.1, 0.15) is 29.4 Å². The molecule has 0 amide bonds. The summed E-state index contributed by atoms with van der Waals surface area (Å²) < 4.78 is 23.9. The number of ketones is 1. The second-order valence-electron chi connectivity index (χ2n) is 9.77. The highest BCUT2D eigenvalue weighted by molar-refractivity contribution is 6.05. The van der Waals surface area contributed by atoms with Crippen LogP contribution in [-0.2, 0) is 6.61 Å². The van der Waals surface area contributed by atoms with Gasteiger partial charge in [-0.1, -0.05) is 42.5 Å². The summed E-state index contributed by atoms with van der Waals surface area (Å²) in [4.78, 5) is 12.9. The quantitative estimate of drug-likeness (QED) is 0.235. The monoisotopic (exact) mass is 558 g/mol. The van der Waals surface area contributed by atoms with Gasteiger partial charge in [0.25, 0.3) is 0 Å². The molecule has 210 valence electrons. The third kappa shape index (κ3) is 4.94. The molecule has 5 N–H and O–H groups in total. The van der Waals surface area contributed by atoms with Crippen molar-refractivity contribution in [3.05, 3.63) is 101 Å². The van der Waals surface area contributed by atoms with E-state index in [0.29, 0.717) is 16.9 Å². The highest BCUT2D eigenvalue weighted by Gasteiger charge is 2.40. The van der Waals surface area contributed by atoms with Crippen LogP contribution in [0.25, 0.3) is 0 Å². The van der Waals surface area contributed by atoms with E-state index < -0.39 is 35.9 Å². The van der Waals surface area contributed by atoms with Gasteiger partial charge < -0.3 is 44.5 Å². The molecule has 0 bridgehead atoms. The van der Waals surface area contributed by atoms with E-state index in [9.17, 15) is 30.3 Å². The van der Waals surface area contributed by atoms with Crippen molar-refractivity contribution in [2.75, 3.05) is 6.61 Å². The lowest BCUT2D eigenvalue weighted by Crippen LogP contribution is -2.37. The van der Waals surface area contributed by atoms with Gasteiger partial charge in [0, 0.05) is 17.7 Å². The normalized spacial score (nSPS) is 21.1. The smallest absolute Gasteiger partial charge is 0.202 e. The number of rotatable bonds is 6. The minimum atomic E-state index is -1.64. The highest BCUT2D eigenvalue weighted by Crippen LogP contribution is 2.46. The van der Waals surface area contributed by atoms with Crippen LogP contribution >= 0.6 is 0 Å². The van der Waals surface area contributed by atoms with Gasteiger partial charge in [-0.2, -0.15) is 0 Å². The maximum absolute atomic E-state index is 12.9. The Morgan fingerprint density at radius 1 is 0.732 bits per heavy atom. The number of ether oxygens (including phenoxy) is 4. The van der Waals surface area contributed by atoms with Gasteiger partial charge >= 0.3 is 0 Å². The van der Waals surface area contributed by atoms with Crippen LogP contribution in [0.3, 0.4) is 0 Å². The Morgan fingerprint density at radius 2 is 1.46 bits per heavy atom. The number of aliphatic hydroxyl groups is 2. The molecular formula is C31H26O10. The Kier molecular flexibility index (Phi) is 6.78. The summed E-state index contributed by atoms with van der Waals surface area (Å²) in [7, 11) is 0. The fourth-order valence-electron chi connectivity index (χ4n) is 4.97. The number of carbonyl (C=O) groups excluding carboxylic acids is 1. The van der Waals surface area contributed by atoms with E-state index in [0.717, 1.165) is 11.6 Å². The molecule has 0 saturated heterocycles. The summed E-state index contributed by atoms with van der Waals surface area (Å²) in [5.41, 5.74) is 1.65. The molecule has 2 aliphatic heterocycles. The highest BCUT2D eigenvalue weighted by atomic mass is 16.6. The van der Waals surface area contributed by atoms with E-state index in [1.807, 2.05) is 30.3 Å². The third-order valence-electron chi connectivity index (χ3n) is 7.02. The molecule has 0 aliphatic carbocycles. The van der Waals surface area contributed by atoms with Crippen LogP contribution in [-0.4, -0.2) is 50.1 Å². The second kappa shape index (κ2) is 10.6. The summed E-state index contributed by atoms with van der Waals surface area (Å²) >= 11 is 0. The molecule has 10 heteroatoms. The Bertz CT molecular complexity index is 1600. The number of benzene rings is 4. The first-order chi connectivity index (χ1) is 19.8. The van der Waals surface area contributed by atoms with Crippen LogP contribution in [0.4, 0.5) is 0 Å².